The molecule has 1 atom stereocenters. The fourth-order valence-electron chi connectivity index (χ4n) is 1.22. The maximum absolute atomic E-state index is 12.4. The first-order valence-electron chi connectivity index (χ1n) is 4.82. The summed E-state index contributed by atoms with van der Waals surface area (Å²) in [6, 6.07) is 1.57. The van der Waals surface area contributed by atoms with E-state index in [0.29, 0.717) is 6.61 Å². The summed E-state index contributed by atoms with van der Waals surface area (Å²) in [5.41, 5.74) is -0.749. The zero-order chi connectivity index (χ0) is 12.9. The van der Waals surface area contributed by atoms with Crippen LogP contribution >= 0.6 is 11.6 Å². The summed E-state index contributed by atoms with van der Waals surface area (Å²) in [5, 5.41) is 2.77. The lowest BCUT2D eigenvalue weighted by atomic mass is 10.2. The van der Waals surface area contributed by atoms with Gasteiger partial charge in [0.15, 0.2) is 0 Å². The molecule has 1 heterocycles. The number of aromatic nitrogens is 1. The zero-order valence-corrected chi connectivity index (χ0v) is 9.85. The van der Waals surface area contributed by atoms with Crippen molar-refractivity contribution in [3.63, 3.8) is 0 Å². The largest absolute Gasteiger partial charge is 0.416 e. The molecule has 1 N–H and O–H groups in total. The Morgan fingerprint density at radius 1 is 1.53 bits per heavy atom. The monoisotopic (exact) mass is 268 g/mol. The molecule has 0 amide bonds. The van der Waals surface area contributed by atoms with Gasteiger partial charge >= 0.3 is 6.18 Å². The molecule has 1 aromatic heterocycles. The maximum Gasteiger partial charge on any atom is 0.416 e. The van der Waals surface area contributed by atoms with Crippen LogP contribution in [0.1, 0.15) is 5.56 Å². The summed E-state index contributed by atoms with van der Waals surface area (Å²) >= 11 is 5.63. The number of pyridine rings is 1. The molecule has 0 fully saturated rings. The third-order valence-electron chi connectivity index (χ3n) is 1.99. The van der Waals surface area contributed by atoms with Crippen molar-refractivity contribution in [3.05, 3.63) is 23.9 Å². The molecule has 0 saturated carbocycles. The number of alkyl halides is 4. The average Bonchev–Trinajstić information content (AvgIpc) is 2.28. The Morgan fingerprint density at radius 2 is 2.24 bits per heavy atom. The number of hydrogen-bond acceptors (Lipinski definition) is 3. The van der Waals surface area contributed by atoms with Crippen molar-refractivity contribution in [2.45, 2.75) is 12.2 Å². The average molecular weight is 269 g/mol. The standard InChI is InChI=1S/C10H12ClF3N2O/c1-17-6-8(5-11)16-9-4-7(2-3-15-9)10(12,13)14/h2-4,8H,5-6H2,1H3,(H,15,16). The fraction of sp³-hybridized carbons (Fsp3) is 0.500. The number of ether oxygens (including phenoxy) is 1. The Kier molecular flexibility index (Phi) is 5.02. The van der Waals surface area contributed by atoms with Gasteiger partial charge in [-0.3, -0.25) is 0 Å². The highest BCUT2D eigenvalue weighted by Gasteiger charge is 2.30. The van der Waals surface area contributed by atoms with Crippen molar-refractivity contribution in [2.75, 3.05) is 24.9 Å². The molecule has 0 saturated heterocycles. The molecule has 0 bridgehead atoms. The van der Waals surface area contributed by atoms with Gasteiger partial charge in [0.2, 0.25) is 0 Å². The van der Waals surface area contributed by atoms with Crippen molar-refractivity contribution in [1.29, 1.82) is 0 Å². The Hall–Kier alpha value is -1.01. The van der Waals surface area contributed by atoms with Crippen molar-refractivity contribution in [3.8, 4) is 0 Å². The molecule has 96 valence electrons. The summed E-state index contributed by atoms with van der Waals surface area (Å²) < 4.78 is 42.2. The summed E-state index contributed by atoms with van der Waals surface area (Å²) in [5.74, 6) is 0.341. The smallest absolute Gasteiger partial charge is 0.383 e. The summed E-state index contributed by atoms with van der Waals surface area (Å²) in [7, 11) is 1.49. The van der Waals surface area contributed by atoms with E-state index in [1.54, 1.807) is 0 Å². The second kappa shape index (κ2) is 6.07. The molecule has 0 radical (unpaired) electrons. The molecule has 0 aliphatic carbocycles. The summed E-state index contributed by atoms with van der Waals surface area (Å²) in [6.45, 7) is 0.293. The molecule has 0 aliphatic heterocycles. The minimum Gasteiger partial charge on any atom is -0.383 e. The molecule has 1 aromatic rings. The molecule has 1 rings (SSSR count). The van der Waals surface area contributed by atoms with Gasteiger partial charge in [-0.1, -0.05) is 0 Å². The van der Waals surface area contributed by atoms with Gasteiger partial charge in [0, 0.05) is 19.2 Å². The first kappa shape index (κ1) is 14.1. The first-order chi connectivity index (χ1) is 7.97. The van der Waals surface area contributed by atoms with Crippen LogP contribution in [-0.4, -0.2) is 30.6 Å². The fourth-order valence-corrected chi connectivity index (χ4v) is 1.39. The Balaban J connectivity index is 2.78. The molecule has 7 heteroatoms. The van der Waals surface area contributed by atoms with E-state index < -0.39 is 11.7 Å². The molecule has 0 spiro atoms. The number of methoxy groups -OCH3 is 1. The third kappa shape index (κ3) is 4.40. The van der Waals surface area contributed by atoms with Crippen molar-refractivity contribution in [1.82, 2.24) is 4.98 Å². The lowest BCUT2D eigenvalue weighted by molar-refractivity contribution is -0.137. The van der Waals surface area contributed by atoms with Crippen molar-refractivity contribution >= 4 is 17.4 Å². The quantitative estimate of drug-likeness (QED) is 0.834. The van der Waals surface area contributed by atoms with E-state index in [9.17, 15) is 13.2 Å². The van der Waals surface area contributed by atoms with Crippen LogP contribution in [-0.2, 0) is 10.9 Å². The molecule has 0 aromatic carbocycles. The Labute approximate surface area is 102 Å². The van der Waals surface area contributed by atoms with Crippen LogP contribution in [0.2, 0.25) is 0 Å². The minimum absolute atomic E-state index is 0.127. The van der Waals surface area contributed by atoms with Gasteiger partial charge in [0.05, 0.1) is 18.2 Å². The van der Waals surface area contributed by atoms with Gasteiger partial charge < -0.3 is 10.1 Å². The van der Waals surface area contributed by atoms with Crippen LogP contribution in [0.3, 0.4) is 0 Å². The second-order valence-corrected chi connectivity index (χ2v) is 3.69. The highest BCUT2D eigenvalue weighted by atomic mass is 35.5. The number of hydrogen-bond donors (Lipinski definition) is 1. The van der Waals surface area contributed by atoms with Gasteiger partial charge in [0.25, 0.3) is 0 Å². The SMILES string of the molecule is COCC(CCl)Nc1cc(C(F)(F)F)ccn1. The van der Waals surface area contributed by atoms with E-state index in [-0.39, 0.29) is 17.7 Å². The molecule has 0 aliphatic rings. The molecule has 3 nitrogen and oxygen atoms in total. The number of nitrogens with zero attached hydrogens (tertiary/aromatic N) is 1. The van der Waals surface area contributed by atoms with E-state index in [1.807, 2.05) is 0 Å². The molecule has 1 unspecified atom stereocenters. The third-order valence-corrected chi connectivity index (χ3v) is 2.37. The Morgan fingerprint density at radius 3 is 2.76 bits per heavy atom. The van der Waals surface area contributed by atoms with E-state index >= 15 is 0 Å². The first-order valence-corrected chi connectivity index (χ1v) is 5.35. The second-order valence-electron chi connectivity index (χ2n) is 3.38. The number of nitrogens with one attached hydrogen (secondary N) is 1. The predicted molar refractivity (Wildman–Crippen MR) is 59.2 cm³/mol. The van der Waals surface area contributed by atoms with Gasteiger partial charge in [-0.05, 0) is 12.1 Å². The van der Waals surface area contributed by atoms with Gasteiger partial charge in [-0.15, -0.1) is 11.6 Å². The van der Waals surface area contributed by atoms with Gasteiger partial charge in [0.1, 0.15) is 5.82 Å². The van der Waals surface area contributed by atoms with E-state index in [2.05, 4.69) is 10.3 Å². The van der Waals surface area contributed by atoms with Crippen LogP contribution in [0.25, 0.3) is 0 Å². The topological polar surface area (TPSA) is 34.1 Å². The number of anilines is 1. The summed E-state index contributed by atoms with van der Waals surface area (Å²) in [6.07, 6.45) is -3.28. The molecule has 17 heavy (non-hydrogen) atoms. The van der Waals surface area contributed by atoms with Crippen LogP contribution < -0.4 is 5.32 Å². The highest BCUT2D eigenvalue weighted by Crippen LogP contribution is 2.29. The maximum atomic E-state index is 12.4. The van der Waals surface area contributed by atoms with E-state index in [1.165, 1.54) is 7.11 Å². The van der Waals surface area contributed by atoms with E-state index in [0.717, 1.165) is 18.3 Å². The van der Waals surface area contributed by atoms with E-state index in [4.69, 9.17) is 16.3 Å². The van der Waals surface area contributed by atoms with Gasteiger partial charge in [-0.25, -0.2) is 4.98 Å². The van der Waals surface area contributed by atoms with Gasteiger partial charge in [-0.2, -0.15) is 13.2 Å². The number of rotatable bonds is 5. The van der Waals surface area contributed by atoms with Crippen LogP contribution in [0.15, 0.2) is 18.3 Å². The Bertz CT molecular complexity index is 360. The molecular weight excluding hydrogens is 257 g/mol. The lowest BCUT2D eigenvalue weighted by Crippen LogP contribution is -2.27. The highest BCUT2D eigenvalue weighted by molar-refractivity contribution is 6.18. The van der Waals surface area contributed by atoms with Crippen molar-refractivity contribution < 1.29 is 17.9 Å². The minimum atomic E-state index is -4.38. The van der Waals surface area contributed by atoms with Crippen LogP contribution in [0, 0.1) is 0 Å². The predicted octanol–water partition coefficient (Wildman–Crippen LogP) is 2.77. The zero-order valence-electron chi connectivity index (χ0n) is 9.09. The van der Waals surface area contributed by atoms with Crippen LogP contribution in [0.5, 0.6) is 0 Å². The molecular formula is C10H12ClF3N2O. The summed E-state index contributed by atoms with van der Waals surface area (Å²) in [4.78, 5) is 3.80. The normalized spacial score (nSPS) is 13.5. The number of halogens is 4. The van der Waals surface area contributed by atoms with Crippen LogP contribution in [0.4, 0.5) is 19.0 Å². The lowest BCUT2D eigenvalue weighted by Gasteiger charge is -2.16. The van der Waals surface area contributed by atoms with Crippen molar-refractivity contribution in [2.24, 2.45) is 0 Å².